The molecule has 0 aliphatic heterocycles. The predicted molar refractivity (Wildman–Crippen MR) is 66.2 cm³/mol. The zero-order chi connectivity index (χ0) is 12.2. The molecule has 1 atom stereocenters. The molecule has 1 unspecified atom stereocenters. The van der Waals surface area contributed by atoms with Crippen molar-refractivity contribution in [1.29, 1.82) is 0 Å². The molecule has 0 rings (SSSR count). The van der Waals surface area contributed by atoms with Gasteiger partial charge >= 0.3 is 0 Å². The van der Waals surface area contributed by atoms with Crippen LogP contribution >= 0.6 is 0 Å². The Hall–Kier alpha value is -0.610. The Morgan fingerprint density at radius 2 is 2.06 bits per heavy atom. The van der Waals surface area contributed by atoms with E-state index in [1.165, 1.54) is 0 Å². The third-order valence-electron chi connectivity index (χ3n) is 2.45. The summed E-state index contributed by atoms with van der Waals surface area (Å²) in [5.74, 6) is 0.116. The van der Waals surface area contributed by atoms with Gasteiger partial charge in [0.2, 0.25) is 5.91 Å². The van der Waals surface area contributed by atoms with Gasteiger partial charge in [-0.15, -0.1) is 0 Å². The van der Waals surface area contributed by atoms with Crippen molar-refractivity contribution in [3.8, 4) is 0 Å². The van der Waals surface area contributed by atoms with Crippen LogP contribution in [-0.2, 0) is 9.53 Å². The van der Waals surface area contributed by atoms with Crippen molar-refractivity contribution >= 4 is 5.91 Å². The summed E-state index contributed by atoms with van der Waals surface area (Å²) in [6.07, 6.45) is 3.90. The number of nitrogens with two attached hydrogens (primary N) is 1. The van der Waals surface area contributed by atoms with Crippen molar-refractivity contribution in [2.24, 2.45) is 11.7 Å². The maximum atomic E-state index is 11.5. The van der Waals surface area contributed by atoms with Gasteiger partial charge in [0, 0.05) is 25.7 Å². The van der Waals surface area contributed by atoms with Crippen molar-refractivity contribution in [2.75, 3.05) is 26.3 Å². The van der Waals surface area contributed by atoms with Gasteiger partial charge < -0.3 is 15.8 Å². The normalized spacial score (nSPS) is 12.4. The molecule has 4 heteroatoms. The number of hydrogen-bond acceptors (Lipinski definition) is 3. The zero-order valence-corrected chi connectivity index (χ0v) is 10.6. The van der Waals surface area contributed by atoms with Crippen LogP contribution in [0.25, 0.3) is 0 Å². The molecule has 0 bridgehead atoms. The van der Waals surface area contributed by atoms with Crippen LogP contribution in [0.5, 0.6) is 0 Å². The maximum absolute atomic E-state index is 11.5. The lowest BCUT2D eigenvalue weighted by atomic mass is 10.1. The molecule has 0 spiro atoms. The minimum absolute atomic E-state index is 0.0195. The number of rotatable bonds is 10. The average molecular weight is 230 g/mol. The zero-order valence-electron chi connectivity index (χ0n) is 10.6. The van der Waals surface area contributed by atoms with Gasteiger partial charge in [0.05, 0.1) is 0 Å². The highest BCUT2D eigenvalue weighted by molar-refractivity contribution is 5.78. The van der Waals surface area contributed by atoms with Gasteiger partial charge in [0.1, 0.15) is 0 Å². The topological polar surface area (TPSA) is 64.3 Å². The number of carbonyl (C=O) groups excluding carboxylic acids is 1. The van der Waals surface area contributed by atoms with E-state index in [9.17, 15) is 4.79 Å². The summed E-state index contributed by atoms with van der Waals surface area (Å²) < 4.78 is 5.39. The Bertz CT molecular complexity index is 174. The summed E-state index contributed by atoms with van der Waals surface area (Å²) in [5.41, 5.74) is 5.39. The van der Waals surface area contributed by atoms with Crippen molar-refractivity contribution in [2.45, 2.75) is 39.5 Å². The Morgan fingerprint density at radius 1 is 1.38 bits per heavy atom. The molecule has 4 nitrogen and oxygen atoms in total. The number of hydrogen-bond donors (Lipinski definition) is 2. The predicted octanol–water partition coefficient (Wildman–Crippen LogP) is 1.29. The highest BCUT2D eigenvalue weighted by Crippen LogP contribution is 1.99. The Balaban J connectivity index is 3.27. The lowest BCUT2D eigenvalue weighted by Crippen LogP contribution is -2.31. The molecule has 0 saturated heterocycles. The minimum atomic E-state index is 0.0195. The van der Waals surface area contributed by atoms with Crippen molar-refractivity contribution < 1.29 is 9.53 Å². The Labute approximate surface area is 98.9 Å². The van der Waals surface area contributed by atoms with Gasteiger partial charge in [-0.3, -0.25) is 4.79 Å². The fourth-order valence-corrected chi connectivity index (χ4v) is 1.29. The molecule has 0 saturated carbocycles. The largest absolute Gasteiger partial charge is 0.381 e. The Kier molecular flexibility index (Phi) is 10.5. The van der Waals surface area contributed by atoms with E-state index >= 15 is 0 Å². The van der Waals surface area contributed by atoms with Crippen LogP contribution in [0.4, 0.5) is 0 Å². The molecule has 0 aliphatic carbocycles. The smallest absolute Gasteiger partial charge is 0.222 e. The quantitative estimate of drug-likeness (QED) is 0.556. The fourth-order valence-electron chi connectivity index (χ4n) is 1.29. The number of unbranched alkanes of at least 4 members (excludes halogenated alkanes) is 1. The molecule has 0 heterocycles. The molecular formula is C12H26N2O2. The number of ether oxygens (including phenoxy) is 1. The summed E-state index contributed by atoms with van der Waals surface area (Å²) in [6, 6.07) is 0. The molecular weight excluding hydrogens is 204 g/mol. The molecule has 96 valence electrons. The summed E-state index contributed by atoms with van der Waals surface area (Å²) in [5, 5.41) is 2.88. The summed E-state index contributed by atoms with van der Waals surface area (Å²) in [7, 11) is 0. The third-order valence-corrected chi connectivity index (χ3v) is 2.45. The van der Waals surface area contributed by atoms with E-state index in [1.54, 1.807) is 0 Å². The number of carbonyl (C=O) groups is 1. The molecule has 0 aromatic heterocycles. The van der Waals surface area contributed by atoms with Gasteiger partial charge in [0.15, 0.2) is 0 Å². The van der Waals surface area contributed by atoms with Crippen molar-refractivity contribution in [3.63, 3.8) is 0 Å². The van der Waals surface area contributed by atoms with E-state index < -0.39 is 0 Å². The van der Waals surface area contributed by atoms with E-state index in [2.05, 4.69) is 12.2 Å². The highest BCUT2D eigenvalue weighted by atomic mass is 16.5. The van der Waals surface area contributed by atoms with E-state index in [1.807, 2.05) is 6.92 Å². The molecule has 0 radical (unpaired) electrons. The monoisotopic (exact) mass is 230 g/mol. The standard InChI is InChI=1S/C12H26N2O2/c1-3-4-9-16-10-5-8-14-12(15)11(2)6-7-13/h11H,3-10,13H2,1-2H3,(H,14,15). The second-order valence-electron chi connectivity index (χ2n) is 4.09. The SMILES string of the molecule is CCCCOCCCNC(=O)C(C)CCN. The van der Waals surface area contributed by atoms with Gasteiger partial charge in [-0.2, -0.15) is 0 Å². The van der Waals surface area contributed by atoms with Crippen LogP contribution in [0.15, 0.2) is 0 Å². The van der Waals surface area contributed by atoms with Crippen LogP contribution in [0, 0.1) is 5.92 Å². The first-order valence-electron chi connectivity index (χ1n) is 6.27. The van der Waals surface area contributed by atoms with Gasteiger partial charge in [-0.05, 0) is 25.8 Å². The van der Waals surface area contributed by atoms with Crippen LogP contribution < -0.4 is 11.1 Å². The highest BCUT2D eigenvalue weighted by Gasteiger charge is 2.10. The fraction of sp³-hybridized carbons (Fsp3) is 0.917. The first-order chi connectivity index (χ1) is 7.72. The minimum Gasteiger partial charge on any atom is -0.381 e. The van der Waals surface area contributed by atoms with Crippen LogP contribution in [0.3, 0.4) is 0 Å². The third kappa shape index (κ3) is 8.68. The second-order valence-corrected chi connectivity index (χ2v) is 4.09. The lowest BCUT2D eigenvalue weighted by molar-refractivity contribution is -0.124. The summed E-state index contributed by atoms with van der Waals surface area (Å²) >= 11 is 0. The molecule has 1 amide bonds. The van der Waals surface area contributed by atoms with E-state index in [-0.39, 0.29) is 11.8 Å². The van der Waals surface area contributed by atoms with E-state index in [0.29, 0.717) is 13.1 Å². The molecule has 3 N–H and O–H groups in total. The molecule has 16 heavy (non-hydrogen) atoms. The second kappa shape index (κ2) is 10.9. The maximum Gasteiger partial charge on any atom is 0.222 e. The van der Waals surface area contributed by atoms with Crippen LogP contribution in [0.2, 0.25) is 0 Å². The number of nitrogens with one attached hydrogen (secondary N) is 1. The lowest BCUT2D eigenvalue weighted by Gasteiger charge is -2.10. The van der Waals surface area contributed by atoms with Crippen LogP contribution in [-0.4, -0.2) is 32.2 Å². The van der Waals surface area contributed by atoms with Crippen molar-refractivity contribution in [3.05, 3.63) is 0 Å². The van der Waals surface area contributed by atoms with Crippen molar-refractivity contribution in [1.82, 2.24) is 5.32 Å². The van der Waals surface area contributed by atoms with Crippen LogP contribution in [0.1, 0.15) is 39.5 Å². The van der Waals surface area contributed by atoms with E-state index in [4.69, 9.17) is 10.5 Å². The molecule has 0 aromatic carbocycles. The first kappa shape index (κ1) is 15.4. The van der Waals surface area contributed by atoms with Gasteiger partial charge in [0.25, 0.3) is 0 Å². The molecule has 0 aromatic rings. The first-order valence-corrected chi connectivity index (χ1v) is 6.27. The number of amides is 1. The van der Waals surface area contributed by atoms with Gasteiger partial charge in [-0.25, -0.2) is 0 Å². The molecule has 0 fully saturated rings. The van der Waals surface area contributed by atoms with E-state index in [0.717, 1.165) is 38.9 Å². The summed E-state index contributed by atoms with van der Waals surface area (Å²) in [6.45, 7) is 6.86. The Morgan fingerprint density at radius 3 is 2.69 bits per heavy atom. The average Bonchev–Trinajstić information content (AvgIpc) is 2.28. The molecule has 0 aliphatic rings. The summed E-state index contributed by atoms with van der Waals surface area (Å²) in [4.78, 5) is 11.5. The van der Waals surface area contributed by atoms with Gasteiger partial charge in [-0.1, -0.05) is 20.3 Å².